The molecule has 0 amide bonds. The summed E-state index contributed by atoms with van der Waals surface area (Å²) in [5, 5.41) is 0. The van der Waals surface area contributed by atoms with E-state index in [1.165, 1.54) is 34.4 Å². The molecule has 4 fully saturated rings. The van der Waals surface area contributed by atoms with Crippen molar-refractivity contribution >= 4 is 72.1 Å². The minimum absolute atomic E-state index is 0.0739. The number of halogens is 1. The lowest BCUT2D eigenvalue weighted by Crippen LogP contribution is -2.45. The number of nitrogens with two attached hydrogens (primary N) is 2. The van der Waals surface area contributed by atoms with Gasteiger partial charge >= 0.3 is 13.6 Å². The number of nitrogens with zero attached hydrogens (tertiary/aromatic N) is 8. The molecule has 4 aromatic heterocycles. The molecule has 8 heterocycles. The van der Waals surface area contributed by atoms with Crippen LogP contribution in [0.1, 0.15) is 12.5 Å². The maximum absolute atomic E-state index is 15.9. The van der Waals surface area contributed by atoms with Crippen molar-refractivity contribution in [1.29, 1.82) is 0 Å². The van der Waals surface area contributed by atoms with Crippen LogP contribution in [0.3, 0.4) is 0 Å². The van der Waals surface area contributed by atoms with Gasteiger partial charge in [-0.1, -0.05) is 24.5 Å². The van der Waals surface area contributed by atoms with Crippen molar-refractivity contribution in [3.8, 4) is 0 Å². The van der Waals surface area contributed by atoms with Gasteiger partial charge in [0.15, 0.2) is 41.6 Å². The lowest BCUT2D eigenvalue weighted by atomic mass is 10.0. The van der Waals surface area contributed by atoms with Gasteiger partial charge in [0.1, 0.15) is 53.7 Å². The molecule has 1 unspecified atom stereocenters. The zero-order valence-corrected chi connectivity index (χ0v) is 26.1. The Morgan fingerprint density at radius 3 is 2.13 bits per heavy atom. The highest BCUT2D eigenvalue weighted by Gasteiger charge is 2.66. The van der Waals surface area contributed by atoms with Gasteiger partial charge in [-0.25, -0.2) is 43.4 Å². The van der Waals surface area contributed by atoms with Crippen LogP contribution in [0.15, 0.2) is 25.3 Å². The number of aromatic nitrogens is 8. The summed E-state index contributed by atoms with van der Waals surface area (Å²) >= 11 is 8.28. The first-order chi connectivity index (χ1) is 21.5. The van der Waals surface area contributed by atoms with Gasteiger partial charge < -0.3 is 25.7 Å². The third-order valence-corrected chi connectivity index (χ3v) is 11.1. The van der Waals surface area contributed by atoms with Crippen molar-refractivity contribution in [2.24, 2.45) is 0 Å². The van der Waals surface area contributed by atoms with E-state index in [2.05, 4.69) is 54.4 Å². The summed E-state index contributed by atoms with van der Waals surface area (Å²) in [5.74, 6) is 0.218. The molecule has 4 aliphatic rings. The predicted octanol–water partition coefficient (Wildman–Crippen LogP) is 1.63. The summed E-state index contributed by atoms with van der Waals surface area (Å²) in [6, 6.07) is 0. The fourth-order valence-electron chi connectivity index (χ4n) is 5.87. The van der Waals surface area contributed by atoms with Crippen molar-refractivity contribution < 1.29 is 45.8 Å². The Bertz CT molecular complexity index is 1920. The summed E-state index contributed by atoms with van der Waals surface area (Å²) in [6.07, 6.45) is -4.12. The molecule has 0 aromatic carbocycles. The van der Waals surface area contributed by atoms with Gasteiger partial charge in [0.05, 0.1) is 32.5 Å². The van der Waals surface area contributed by atoms with E-state index in [1.807, 2.05) is 0 Å². The Morgan fingerprint density at radius 2 is 1.47 bits per heavy atom. The molecule has 8 rings (SSSR count). The Kier molecular flexibility index (Phi) is 6.98. The van der Waals surface area contributed by atoms with E-state index in [1.54, 1.807) is 0 Å². The number of ether oxygens (including phenoxy) is 3. The lowest BCUT2D eigenvalue weighted by molar-refractivity contribution is -0.182. The highest BCUT2D eigenvalue weighted by Crippen LogP contribution is 2.63. The zero-order valence-electron chi connectivity index (χ0n) is 22.5. The van der Waals surface area contributed by atoms with Crippen molar-refractivity contribution in [3.05, 3.63) is 25.3 Å². The van der Waals surface area contributed by atoms with Crippen LogP contribution in [-0.2, 0) is 41.4 Å². The van der Waals surface area contributed by atoms with Crippen LogP contribution in [0.4, 0.5) is 16.0 Å². The van der Waals surface area contributed by atoms with E-state index in [-0.39, 0.29) is 29.4 Å². The lowest BCUT2D eigenvalue weighted by Gasteiger charge is -2.32. The molecule has 10 atom stereocenters. The summed E-state index contributed by atoms with van der Waals surface area (Å²) < 4.78 is 87.1. The molecule has 4 aromatic rings. The van der Waals surface area contributed by atoms with Crippen molar-refractivity contribution in [2.75, 3.05) is 31.3 Å². The number of fused-ring (bicyclic) bond motifs is 4. The number of hydrogen-bond acceptors (Lipinski definition) is 17. The highest BCUT2D eigenvalue weighted by molar-refractivity contribution is 8.44. The van der Waals surface area contributed by atoms with Gasteiger partial charge in [-0.05, 0) is 0 Å². The summed E-state index contributed by atoms with van der Waals surface area (Å²) in [7, 11) is 0. The Labute approximate surface area is 261 Å². The normalized spacial score (nSPS) is 40.3. The van der Waals surface area contributed by atoms with E-state index in [4.69, 9.17) is 43.8 Å². The molecule has 24 heteroatoms. The van der Waals surface area contributed by atoms with Crippen molar-refractivity contribution in [3.63, 3.8) is 0 Å². The van der Waals surface area contributed by atoms with Crippen LogP contribution in [0.25, 0.3) is 22.3 Å². The third kappa shape index (κ3) is 4.86. The number of rotatable bonds is 2. The van der Waals surface area contributed by atoms with Crippen LogP contribution in [0.5, 0.6) is 0 Å². The van der Waals surface area contributed by atoms with E-state index < -0.39 is 75.5 Å². The third-order valence-electron chi connectivity index (χ3n) is 7.94. The van der Waals surface area contributed by atoms with Crippen LogP contribution in [0, 0.1) is 0 Å². The maximum atomic E-state index is 15.9. The minimum Gasteiger partial charge on any atom is -0.382 e. The smallest absolute Gasteiger partial charge is 0.382 e. The van der Waals surface area contributed by atoms with Crippen molar-refractivity contribution in [2.45, 2.75) is 48.6 Å². The standard InChI is InChI=1S/C21H23FN10O9P2S2/c22-9-8-1-36-42(33,44)41-14-13-20(32-7-30-11-16(24)26-5-28-18(11)32)39-21(14,2-35-13)3-37-43(34,45)40-12(9)19(38-8)31-6-29-10-15(23)25-4-27-17(10)31/h4-9,12-14,19-20H,1-3H2,(H,33,44)(H,34,45)(H2,23,25,27)(H2,24,26,28)/t8-,9-,12-,13-,14+,19-,20?,21-,42+,43-/m1/s1. The number of hydrogen-bond donors (Lipinski definition) is 4. The van der Waals surface area contributed by atoms with Crippen molar-refractivity contribution in [1.82, 2.24) is 39.0 Å². The number of thiol groups is 2. The highest BCUT2D eigenvalue weighted by atomic mass is 32.7. The maximum Gasteiger partial charge on any atom is 0.386 e. The van der Waals surface area contributed by atoms with Gasteiger partial charge in [-0.2, -0.15) is 0 Å². The quantitative estimate of drug-likeness (QED) is 0.171. The number of imidazole rings is 2. The van der Waals surface area contributed by atoms with Crippen LogP contribution < -0.4 is 11.5 Å². The number of alkyl halides is 1. The van der Waals surface area contributed by atoms with Crippen LogP contribution in [-0.4, -0.2) is 95.0 Å². The molecule has 4 bridgehead atoms. The molecule has 4 saturated heterocycles. The number of anilines is 2. The summed E-state index contributed by atoms with van der Waals surface area (Å²) in [5.41, 5.74) is 11.4. The molecular weight excluding hydrogens is 681 g/mol. The Morgan fingerprint density at radius 1 is 0.844 bits per heavy atom. The molecule has 0 spiro atoms. The molecule has 0 radical (unpaired) electrons. The van der Waals surface area contributed by atoms with Crippen LogP contribution in [0.2, 0.25) is 0 Å². The minimum atomic E-state index is -4.38. The molecule has 4 N–H and O–H groups in total. The second kappa shape index (κ2) is 10.5. The Hall–Kier alpha value is -2.49. The van der Waals surface area contributed by atoms with Crippen LogP contribution >= 0.6 is 38.1 Å². The van der Waals surface area contributed by atoms with Gasteiger partial charge in [0.25, 0.3) is 0 Å². The predicted molar refractivity (Wildman–Crippen MR) is 156 cm³/mol. The molecule has 19 nitrogen and oxygen atoms in total. The molecular formula is C21H23FN10O9P2S2. The summed E-state index contributed by atoms with van der Waals surface area (Å²) in [4.78, 5) is 24.7. The topological polar surface area (TPSA) is 238 Å². The number of nitrogen functional groups attached to an aromatic ring is 2. The van der Waals surface area contributed by atoms with E-state index in [0.29, 0.717) is 11.2 Å². The van der Waals surface area contributed by atoms with E-state index in [0.717, 1.165) is 0 Å². The second-order valence-electron chi connectivity index (χ2n) is 10.6. The van der Waals surface area contributed by atoms with Gasteiger partial charge in [-0.3, -0.25) is 27.2 Å². The zero-order chi connectivity index (χ0) is 31.3. The van der Waals surface area contributed by atoms with Gasteiger partial charge in [0.2, 0.25) is 0 Å². The fourth-order valence-corrected chi connectivity index (χ4v) is 8.84. The van der Waals surface area contributed by atoms with E-state index in [9.17, 15) is 9.13 Å². The first kappa shape index (κ1) is 29.9. The van der Waals surface area contributed by atoms with Gasteiger partial charge in [-0.15, -0.1) is 0 Å². The molecule has 0 aliphatic carbocycles. The molecule has 240 valence electrons. The molecule has 4 aliphatic heterocycles. The molecule has 45 heavy (non-hydrogen) atoms. The average molecular weight is 705 g/mol. The largest absolute Gasteiger partial charge is 0.386 e. The SMILES string of the molecule is Nc1ncnc2c1ncn2C1O[C@@]23CO[C@@H]1[C@@H]2O[P@@](=O)(S)OC[C@H]1O[C@@H](n2cnc4c(N)ncnc42)[C@H](O[P@](=O)(S)OC3)[C@@H]1F. The van der Waals surface area contributed by atoms with E-state index >= 15 is 4.39 Å². The fraction of sp³-hybridized carbons (Fsp3) is 0.524. The Balaban J connectivity index is 1.14. The first-order valence-electron chi connectivity index (χ1n) is 13.2. The monoisotopic (exact) mass is 704 g/mol. The summed E-state index contributed by atoms with van der Waals surface area (Å²) in [6.45, 7) is -9.90. The second-order valence-corrected chi connectivity index (χ2v) is 16.4. The average Bonchev–Trinajstić information content (AvgIpc) is 3.80. The van der Waals surface area contributed by atoms with Gasteiger partial charge in [0, 0.05) is 0 Å². The molecule has 0 saturated carbocycles. The first-order valence-corrected chi connectivity index (χ1v) is 18.6.